The summed E-state index contributed by atoms with van der Waals surface area (Å²) < 4.78 is 10.7. The second kappa shape index (κ2) is 8.51. The number of nitrogens with one attached hydrogen (secondary N) is 1. The number of piperazine rings is 1. The van der Waals surface area contributed by atoms with E-state index in [1.54, 1.807) is 29.5 Å². The van der Waals surface area contributed by atoms with Crippen LogP contribution in [0.25, 0.3) is 0 Å². The molecule has 1 aromatic carbocycles. The van der Waals surface area contributed by atoms with Gasteiger partial charge >= 0.3 is 0 Å². The third-order valence-electron chi connectivity index (χ3n) is 5.55. The number of hydrogen-bond acceptors (Lipinski definition) is 6. The molecule has 28 heavy (non-hydrogen) atoms. The number of nitrogens with zero attached hydrogens (tertiary/aromatic N) is 2. The van der Waals surface area contributed by atoms with E-state index in [1.165, 1.54) is 4.88 Å². The van der Waals surface area contributed by atoms with Gasteiger partial charge in [-0.15, -0.1) is 11.3 Å². The maximum atomic E-state index is 12.9. The van der Waals surface area contributed by atoms with Gasteiger partial charge in [0.25, 0.3) is 5.91 Å². The summed E-state index contributed by atoms with van der Waals surface area (Å²) in [4.78, 5) is 19.1. The molecule has 4 rings (SSSR count). The fourth-order valence-electron chi connectivity index (χ4n) is 3.97. The Bertz CT molecular complexity index is 803. The molecule has 1 saturated heterocycles. The zero-order valence-corrected chi connectivity index (χ0v) is 17.2. The van der Waals surface area contributed by atoms with Gasteiger partial charge in [-0.05, 0) is 43.1 Å². The van der Waals surface area contributed by atoms with Crippen molar-refractivity contribution < 1.29 is 14.3 Å². The minimum atomic E-state index is -0.0837. The second-order valence-electron chi connectivity index (χ2n) is 7.26. The van der Waals surface area contributed by atoms with E-state index in [2.05, 4.69) is 46.5 Å². The standard InChI is InChI=1S/C21H27N3O3S/c1-3-23-8-10-24(11-9-23)20(19-5-4-12-28-19)15(2)22-21(25)16-6-7-17-18(13-16)27-14-26-17/h4-7,12-13,15,20H,3,8-11,14H2,1-2H3,(H,22,25)/t15-,20-/m0/s1. The van der Waals surface area contributed by atoms with Crippen LogP contribution < -0.4 is 14.8 Å². The third kappa shape index (κ3) is 4.01. The first-order chi connectivity index (χ1) is 13.7. The van der Waals surface area contributed by atoms with Crippen LogP contribution in [0.2, 0.25) is 0 Å². The lowest BCUT2D eigenvalue weighted by Crippen LogP contribution is -2.52. The maximum absolute atomic E-state index is 12.9. The number of thiophene rings is 1. The lowest BCUT2D eigenvalue weighted by Gasteiger charge is -2.41. The molecule has 1 amide bonds. The largest absolute Gasteiger partial charge is 0.454 e. The van der Waals surface area contributed by atoms with E-state index in [4.69, 9.17) is 9.47 Å². The molecule has 0 saturated carbocycles. The van der Waals surface area contributed by atoms with Crippen LogP contribution in [0.1, 0.15) is 35.1 Å². The van der Waals surface area contributed by atoms with Crippen molar-refractivity contribution in [1.82, 2.24) is 15.1 Å². The molecule has 0 radical (unpaired) electrons. The van der Waals surface area contributed by atoms with E-state index in [-0.39, 0.29) is 24.8 Å². The van der Waals surface area contributed by atoms with Gasteiger partial charge in [-0.25, -0.2) is 0 Å². The van der Waals surface area contributed by atoms with Gasteiger partial charge in [-0.2, -0.15) is 0 Å². The normalized spacial score (nSPS) is 19.4. The Morgan fingerprint density at radius 1 is 1.18 bits per heavy atom. The van der Waals surface area contributed by atoms with Crippen molar-refractivity contribution in [1.29, 1.82) is 0 Å². The van der Waals surface area contributed by atoms with Crippen LogP contribution in [-0.4, -0.2) is 61.3 Å². The summed E-state index contributed by atoms with van der Waals surface area (Å²) in [6.45, 7) is 9.78. The number of amides is 1. The van der Waals surface area contributed by atoms with E-state index in [1.807, 2.05) is 0 Å². The maximum Gasteiger partial charge on any atom is 0.251 e. The number of fused-ring (bicyclic) bond motifs is 1. The average molecular weight is 402 g/mol. The highest BCUT2D eigenvalue weighted by Gasteiger charge is 2.31. The van der Waals surface area contributed by atoms with Crippen LogP contribution >= 0.6 is 11.3 Å². The third-order valence-corrected chi connectivity index (χ3v) is 6.49. The number of benzene rings is 1. The highest BCUT2D eigenvalue weighted by molar-refractivity contribution is 7.10. The van der Waals surface area contributed by atoms with Crippen LogP contribution in [0.5, 0.6) is 11.5 Å². The topological polar surface area (TPSA) is 54.0 Å². The van der Waals surface area contributed by atoms with E-state index < -0.39 is 0 Å². The number of hydrogen-bond donors (Lipinski definition) is 1. The van der Waals surface area contributed by atoms with Gasteiger partial charge in [0.1, 0.15) is 0 Å². The van der Waals surface area contributed by atoms with Gasteiger partial charge in [0.05, 0.1) is 6.04 Å². The zero-order chi connectivity index (χ0) is 19.5. The molecule has 3 heterocycles. The smallest absolute Gasteiger partial charge is 0.251 e. The molecule has 2 atom stereocenters. The fraction of sp³-hybridized carbons (Fsp3) is 0.476. The van der Waals surface area contributed by atoms with E-state index in [0.717, 1.165) is 32.7 Å². The molecule has 1 aromatic heterocycles. The summed E-state index contributed by atoms with van der Waals surface area (Å²) in [6, 6.07) is 9.76. The van der Waals surface area contributed by atoms with Crippen LogP contribution in [0.15, 0.2) is 35.7 Å². The molecule has 0 aliphatic carbocycles. The minimum Gasteiger partial charge on any atom is -0.454 e. The summed E-state index contributed by atoms with van der Waals surface area (Å²) in [5, 5.41) is 5.32. The number of ether oxygens (including phenoxy) is 2. The summed E-state index contributed by atoms with van der Waals surface area (Å²) in [5.41, 5.74) is 0.594. The lowest BCUT2D eigenvalue weighted by atomic mass is 10.0. The molecule has 1 N–H and O–H groups in total. The molecule has 7 heteroatoms. The summed E-state index contributed by atoms with van der Waals surface area (Å²) >= 11 is 1.76. The number of likely N-dealkylation sites (N-methyl/N-ethyl adjacent to an activating group) is 1. The molecule has 1 fully saturated rings. The predicted molar refractivity (Wildman–Crippen MR) is 110 cm³/mol. The van der Waals surface area contributed by atoms with Gasteiger partial charge in [-0.3, -0.25) is 9.69 Å². The molecule has 6 nitrogen and oxygen atoms in total. The Hall–Kier alpha value is -2.09. The molecular weight excluding hydrogens is 374 g/mol. The number of rotatable bonds is 6. The van der Waals surface area contributed by atoms with Crippen molar-refractivity contribution in [3.05, 3.63) is 46.2 Å². The molecule has 150 valence electrons. The minimum absolute atomic E-state index is 0.00949. The van der Waals surface area contributed by atoms with Crippen LogP contribution in [0.4, 0.5) is 0 Å². The van der Waals surface area contributed by atoms with Crippen LogP contribution in [-0.2, 0) is 0 Å². The zero-order valence-electron chi connectivity index (χ0n) is 16.4. The van der Waals surface area contributed by atoms with Crippen molar-refractivity contribution in [3.63, 3.8) is 0 Å². The van der Waals surface area contributed by atoms with Crippen LogP contribution in [0, 0.1) is 0 Å². The second-order valence-corrected chi connectivity index (χ2v) is 8.24. The Morgan fingerprint density at radius 2 is 1.96 bits per heavy atom. The number of carbonyl (C=O) groups is 1. The summed E-state index contributed by atoms with van der Waals surface area (Å²) in [6.07, 6.45) is 0. The monoisotopic (exact) mass is 401 g/mol. The van der Waals surface area contributed by atoms with Gasteiger partial charge < -0.3 is 19.7 Å². The van der Waals surface area contributed by atoms with Crippen molar-refractivity contribution >= 4 is 17.2 Å². The first-order valence-electron chi connectivity index (χ1n) is 9.86. The predicted octanol–water partition coefficient (Wildman–Crippen LogP) is 2.97. The van der Waals surface area contributed by atoms with Crippen molar-refractivity contribution in [2.75, 3.05) is 39.5 Å². The summed E-state index contributed by atoms with van der Waals surface area (Å²) in [5.74, 6) is 1.24. The Labute approximate surface area is 170 Å². The first kappa shape index (κ1) is 19.2. The van der Waals surface area contributed by atoms with Crippen molar-refractivity contribution in [2.45, 2.75) is 25.9 Å². The van der Waals surface area contributed by atoms with E-state index in [9.17, 15) is 4.79 Å². The van der Waals surface area contributed by atoms with Gasteiger partial charge in [0.15, 0.2) is 11.5 Å². The first-order valence-corrected chi connectivity index (χ1v) is 10.7. The Balaban J connectivity index is 1.48. The van der Waals surface area contributed by atoms with E-state index in [0.29, 0.717) is 17.1 Å². The molecule has 0 spiro atoms. The molecule has 0 unspecified atom stereocenters. The highest BCUT2D eigenvalue weighted by Crippen LogP contribution is 2.33. The molecule has 2 aliphatic rings. The summed E-state index contributed by atoms with van der Waals surface area (Å²) in [7, 11) is 0. The molecule has 2 aromatic rings. The Kier molecular flexibility index (Phi) is 5.85. The van der Waals surface area contributed by atoms with Gasteiger partial charge in [0.2, 0.25) is 6.79 Å². The molecular formula is C21H27N3O3S. The average Bonchev–Trinajstić information content (AvgIpc) is 3.40. The van der Waals surface area contributed by atoms with Gasteiger partial charge in [0, 0.05) is 42.7 Å². The quantitative estimate of drug-likeness (QED) is 0.807. The fourth-order valence-corrected chi connectivity index (χ4v) is 4.93. The van der Waals surface area contributed by atoms with Crippen molar-refractivity contribution in [3.8, 4) is 11.5 Å². The SMILES string of the molecule is CCN1CCN([C@H](c2cccs2)[C@H](C)NC(=O)c2ccc3c(c2)OCO3)CC1. The van der Waals surface area contributed by atoms with Crippen molar-refractivity contribution in [2.24, 2.45) is 0 Å². The Morgan fingerprint density at radius 3 is 2.68 bits per heavy atom. The van der Waals surface area contributed by atoms with E-state index >= 15 is 0 Å². The van der Waals surface area contributed by atoms with Crippen LogP contribution in [0.3, 0.4) is 0 Å². The lowest BCUT2D eigenvalue weighted by molar-refractivity contribution is 0.0753. The highest BCUT2D eigenvalue weighted by atomic mass is 32.1. The number of carbonyl (C=O) groups excluding carboxylic acids is 1. The molecule has 2 aliphatic heterocycles. The van der Waals surface area contributed by atoms with Gasteiger partial charge in [-0.1, -0.05) is 13.0 Å². The molecule has 0 bridgehead atoms.